The van der Waals surface area contributed by atoms with Gasteiger partial charge in [-0.15, -0.1) is 0 Å². The molecule has 0 saturated heterocycles. The van der Waals surface area contributed by atoms with Gasteiger partial charge in [-0.1, -0.05) is 6.07 Å². The smallest absolute Gasteiger partial charge is 0.215 e. The minimum absolute atomic E-state index is 0.460. The summed E-state index contributed by atoms with van der Waals surface area (Å²) in [6.45, 7) is 4.85. The van der Waals surface area contributed by atoms with Crippen LogP contribution in [0.25, 0.3) is 22.7 Å². The van der Waals surface area contributed by atoms with E-state index in [0.717, 1.165) is 34.6 Å². The first kappa shape index (κ1) is 18.4. The van der Waals surface area contributed by atoms with Crippen molar-refractivity contribution in [2.24, 2.45) is 0 Å². The van der Waals surface area contributed by atoms with Crippen LogP contribution in [0.3, 0.4) is 0 Å². The first-order valence-corrected chi connectivity index (χ1v) is 9.16. The fourth-order valence-electron chi connectivity index (χ4n) is 3.33. The van der Waals surface area contributed by atoms with Crippen molar-refractivity contribution in [2.75, 3.05) is 7.11 Å². The maximum atomic E-state index is 9.74. The van der Waals surface area contributed by atoms with Crippen LogP contribution in [0.4, 0.5) is 0 Å². The van der Waals surface area contributed by atoms with Crippen molar-refractivity contribution in [2.45, 2.75) is 20.4 Å². The lowest BCUT2D eigenvalue weighted by atomic mass is 10.1. The lowest BCUT2D eigenvalue weighted by molar-refractivity contribution is 0.398. The highest BCUT2D eigenvalue weighted by atomic mass is 16.5. The van der Waals surface area contributed by atoms with Gasteiger partial charge in [-0.05, 0) is 43.2 Å². The average Bonchev–Trinajstić information content (AvgIpc) is 3.28. The fourth-order valence-corrected chi connectivity index (χ4v) is 3.33. The molecule has 0 aliphatic carbocycles. The molecule has 4 heterocycles. The molecule has 0 bridgehead atoms. The van der Waals surface area contributed by atoms with Gasteiger partial charge in [0.05, 0.1) is 29.9 Å². The van der Waals surface area contributed by atoms with Crippen molar-refractivity contribution in [3.8, 4) is 11.9 Å². The SMILES string of the molecule is COc1cc2nc(/C(C#N)=C/c3cc(C)n(Cc4cccnc4)c3C)[nH]c2cn1. The Kier molecular flexibility index (Phi) is 4.83. The monoisotopic (exact) mass is 384 g/mol. The maximum Gasteiger partial charge on any atom is 0.215 e. The summed E-state index contributed by atoms with van der Waals surface area (Å²) in [5.41, 5.74) is 6.23. The van der Waals surface area contributed by atoms with Crippen LogP contribution in [-0.4, -0.2) is 31.6 Å². The molecular formula is C22H20N6O. The Bertz CT molecular complexity index is 1240. The molecule has 0 radical (unpaired) electrons. The highest BCUT2D eigenvalue weighted by Gasteiger charge is 2.13. The lowest BCUT2D eigenvalue weighted by Crippen LogP contribution is -2.04. The van der Waals surface area contributed by atoms with E-state index >= 15 is 0 Å². The maximum absolute atomic E-state index is 9.74. The highest BCUT2D eigenvalue weighted by molar-refractivity contribution is 5.90. The van der Waals surface area contributed by atoms with Crippen molar-refractivity contribution in [1.29, 1.82) is 5.26 Å². The number of methoxy groups -OCH3 is 1. The molecule has 1 N–H and O–H groups in total. The molecule has 7 heteroatoms. The van der Waals surface area contributed by atoms with Crippen molar-refractivity contribution >= 4 is 22.7 Å². The second-order valence-corrected chi connectivity index (χ2v) is 6.77. The number of ether oxygens (including phenoxy) is 1. The normalized spacial score (nSPS) is 11.6. The third-order valence-electron chi connectivity index (χ3n) is 4.90. The molecule has 0 saturated carbocycles. The van der Waals surface area contributed by atoms with E-state index in [1.807, 2.05) is 18.3 Å². The molecule has 0 aliphatic heterocycles. The van der Waals surface area contributed by atoms with Gasteiger partial charge < -0.3 is 14.3 Å². The summed E-state index contributed by atoms with van der Waals surface area (Å²) >= 11 is 0. The van der Waals surface area contributed by atoms with Crippen molar-refractivity contribution < 1.29 is 4.74 Å². The van der Waals surface area contributed by atoms with E-state index in [9.17, 15) is 5.26 Å². The van der Waals surface area contributed by atoms with Gasteiger partial charge in [-0.2, -0.15) is 5.26 Å². The second kappa shape index (κ2) is 7.60. The van der Waals surface area contributed by atoms with Gasteiger partial charge in [0.1, 0.15) is 11.9 Å². The molecule has 4 aromatic heterocycles. The van der Waals surface area contributed by atoms with Crippen LogP contribution in [0.15, 0.2) is 42.9 Å². The average molecular weight is 384 g/mol. The number of nitrogens with one attached hydrogen (secondary N) is 1. The Balaban J connectivity index is 1.71. The molecule has 0 fully saturated rings. The molecule has 0 unspecified atom stereocenters. The van der Waals surface area contributed by atoms with Gasteiger partial charge >= 0.3 is 0 Å². The molecule has 0 amide bonds. The molecule has 4 rings (SSSR count). The molecule has 144 valence electrons. The summed E-state index contributed by atoms with van der Waals surface area (Å²) in [6.07, 6.45) is 7.15. The van der Waals surface area contributed by atoms with E-state index in [4.69, 9.17) is 4.74 Å². The Labute approximate surface area is 168 Å². The quantitative estimate of drug-likeness (QED) is 0.527. The summed E-state index contributed by atoms with van der Waals surface area (Å²) in [4.78, 5) is 16.1. The molecule has 4 aromatic rings. The van der Waals surface area contributed by atoms with Crippen LogP contribution < -0.4 is 4.74 Å². The van der Waals surface area contributed by atoms with Gasteiger partial charge in [0.25, 0.3) is 0 Å². The van der Waals surface area contributed by atoms with E-state index in [2.05, 4.69) is 56.6 Å². The Morgan fingerprint density at radius 3 is 2.90 bits per heavy atom. The fraction of sp³-hybridized carbons (Fsp3) is 0.182. The number of H-pyrrole nitrogens is 1. The first-order chi connectivity index (χ1) is 14.1. The van der Waals surface area contributed by atoms with Gasteiger partial charge in [-0.3, -0.25) is 4.98 Å². The van der Waals surface area contributed by atoms with E-state index in [-0.39, 0.29) is 0 Å². The van der Waals surface area contributed by atoms with E-state index in [0.29, 0.717) is 22.8 Å². The van der Waals surface area contributed by atoms with Gasteiger partial charge in [0, 0.05) is 36.4 Å². The first-order valence-electron chi connectivity index (χ1n) is 9.16. The number of aromatic nitrogens is 5. The Morgan fingerprint density at radius 1 is 1.31 bits per heavy atom. The van der Waals surface area contributed by atoms with Crippen LogP contribution in [0.1, 0.15) is 28.3 Å². The van der Waals surface area contributed by atoms with Crippen molar-refractivity contribution in [3.63, 3.8) is 0 Å². The number of nitrogens with zero attached hydrogens (tertiary/aromatic N) is 5. The second-order valence-electron chi connectivity index (χ2n) is 6.77. The van der Waals surface area contributed by atoms with Crippen LogP contribution in [0.5, 0.6) is 5.88 Å². The Hall–Kier alpha value is -3.92. The molecule has 0 aromatic carbocycles. The number of imidazole rings is 1. The topological polar surface area (TPSA) is 92.4 Å². The number of fused-ring (bicyclic) bond motifs is 1. The minimum atomic E-state index is 0.460. The van der Waals surface area contributed by atoms with Gasteiger partial charge in [0.2, 0.25) is 5.88 Å². The van der Waals surface area contributed by atoms with Crippen molar-refractivity contribution in [1.82, 2.24) is 24.5 Å². The largest absolute Gasteiger partial charge is 0.481 e. The van der Waals surface area contributed by atoms with Crippen LogP contribution in [0.2, 0.25) is 0 Å². The zero-order chi connectivity index (χ0) is 20.4. The summed E-state index contributed by atoms with van der Waals surface area (Å²) in [5, 5.41) is 9.74. The van der Waals surface area contributed by atoms with Gasteiger partial charge in [-0.25, -0.2) is 9.97 Å². The molecule has 0 spiro atoms. The minimum Gasteiger partial charge on any atom is -0.481 e. The number of nitriles is 1. The standard InChI is InChI=1S/C22H20N6O/c1-14-7-17(15(2)28(14)13-16-5-4-6-24-11-16)8-18(10-23)22-26-19-9-21(29-3)25-12-20(19)27-22/h4-9,11-12H,13H2,1-3H3,(H,26,27)/b18-8+. The molecule has 7 nitrogen and oxygen atoms in total. The zero-order valence-electron chi connectivity index (χ0n) is 16.5. The molecule has 0 aliphatic rings. The number of hydrogen-bond acceptors (Lipinski definition) is 5. The number of rotatable bonds is 5. The molecule has 29 heavy (non-hydrogen) atoms. The Morgan fingerprint density at radius 2 is 2.17 bits per heavy atom. The number of aromatic amines is 1. The van der Waals surface area contributed by atoms with Crippen LogP contribution in [-0.2, 0) is 6.54 Å². The summed E-state index contributed by atoms with van der Waals surface area (Å²) < 4.78 is 7.36. The zero-order valence-corrected chi connectivity index (χ0v) is 16.5. The van der Waals surface area contributed by atoms with Crippen LogP contribution >= 0.6 is 0 Å². The predicted octanol–water partition coefficient (Wildman–Crippen LogP) is 3.89. The highest BCUT2D eigenvalue weighted by Crippen LogP contribution is 2.24. The van der Waals surface area contributed by atoms with Crippen LogP contribution in [0, 0.1) is 25.2 Å². The van der Waals surface area contributed by atoms with E-state index in [1.165, 1.54) is 0 Å². The lowest BCUT2D eigenvalue weighted by Gasteiger charge is -2.09. The summed E-state index contributed by atoms with van der Waals surface area (Å²) in [6, 6.07) is 10.1. The third kappa shape index (κ3) is 3.60. The van der Waals surface area contributed by atoms with Gasteiger partial charge in [0.15, 0.2) is 0 Å². The molecular weight excluding hydrogens is 364 g/mol. The number of hydrogen-bond donors (Lipinski definition) is 1. The summed E-state index contributed by atoms with van der Waals surface area (Å²) in [7, 11) is 1.56. The van der Waals surface area contributed by atoms with E-state index < -0.39 is 0 Å². The van der Waals surface area contributed by atoms with Crippen molar-refractivity contribution in [3.05, 3.63) is 71.2 Å². The molecule has 0 atom stereocenters. The number of aryl methyl sites for hydroxylation is 1. The van der Waals surface area contributed by atoms with E-state index in [1.54, 1.807) is 25.6 Å². The predicted molar refractivity (Wildman–Crippen MR) is 111 cm³/mol. The summed E-state index contributed by atoms with van der Waals surface area (Å²) in [5.74, 6) is 0.992. The third-order valence-corrected chi connectivity index (χ3v) is 4.90. The number of pyridine rings is 2. The number of allylic oxidation sites excluding steroid dienone is 1.